The SMILES string of the molecule is Cc1c(C(=O)NC[C@@H]2CCCO2)oc2c1-c1nn(CC3(C)COC3)cc1CC2. The second-order valence-corrected chi connectivity index (χ2v) is 8.70. The highest BCUT2D eigenvalue weighted by Crippen LogP contribution is 2.39. The van der Waals surface area contributed by atoms with Crippen LogP contribution in [0.15, 0.2) is 10.6 Å². The molecule has 2 aromatic heterocycles. The molecule has 0 bridgehead atoms. The molecule has 0 spiro atoms. The van der Waals surface area contributed by atoms with E-state index in [1.165, 1.54) is 5.56 Å². The van der Waals surface area contributed by atoms with Crippen molar-refractivity contribution in [2.24, 2.45) is 5.41 Å². The van der Waals surface area contributed by atoms with E-state index < -0.39 is 0 Å². The highest BCUT2D eigenvalue weighted by Gasteiger charge is 2.35. The molecule has 0 radical (unpaired) electrons. The number of ether oxygens (including phenoxy) is 2. The number of hydrogen-bond acceptors (Lipinski definition) is 5. The maximum atomic E-state index is 12.7. The number of rotatable bonds is 5. The van der Waals surface area contributed by atoms with Crippen LogP contribution in [0.4, 0.5) is 0 Å². The van der Waals surface area contributed by atoms with Gasteiger partial charge in [-0.25, -0.2) is 0 Å². The first-order valence-corrected chi connectivity index (χ1v) is 10.2. The van der Waals surface area contributed by atoms with Crippen LogP contribution in [0, 0.1) is 12.3 Å². The van der Waals surface area contributed by atoms with Crippen molar-refractivity contribution in [3.63, 3.8) is 0 Å². The summed E-state index contributed by atoms with van der Waals surface area (Å²) < 4.78 is 19.0. The third kappa shape index (κ3) is 3.06. The van der Waals surface area contributed by atoms with E-state index in [0.29, 0.717) is 12.3 Å². The van der Waals surface area contributed by atoms with Gasteiger partial charge in [0.15, 0.2) is 5.76 Å². The monoisotopic (exact) mass is 385 g/mol. The first-order chi connectivity index (χ1) is 13.5. The van der Waals surface area contributed by atoms with Crippen LogP contribution < -0.4 is 5.32 Å². The van der Waals surface area contributed by atoms with Gasteiger partial charge in [-0.2, -0.15) is 5.10 Å². The van der Waals surface area contributed by atoms with Crippen LogP contribution in [0.3, 0.4) is 0 Å². The summed E-state index contributed by atoms with van der Waals surface area (Å²) in [6.07, 6.45) is 6.01. The molecule has 4 heterocycles. The van der Waals surface area contributed by atoms with Gasteiger partial charge in [0, 0.05) is 42.3 Å². The van der Waals surface area contributed by atoms with E-state index in [4.69, 9.17) is 19.0 Å². The zero-order chi connectivity index (χ0) is 19.3. The van der Waals surface area contributed by atoms with Crippen LogP contribution in [0.5, 0.6) is 0 Å². The van der Waals surface area contributed by atoms with Gasteiger partial charge in [-0.1, -0.05) is 6.92 Å². The fourth-order valence-corrected chi connectivity index (χ4v) is 4.49. The van der Waals surface area contributed by atoms with Crippen molar-refractivity contribution >= 4 is 5.91 Å². The first kappa shape index (κ1) is 17.9. The number of aromatic nitrogens is 2. The summed E-state index contributed by atoms with van der Waals surface area (Å²) in [5, 5.41) is 7.82. The fraction of sp³-hybridized carbons (Fsp3) is 0.619. The van der Waals surface area contributed by atoms with Gasteiger partial charge < -0.3 is 19.2 Å². The molecule has 1 amide bonds. The van der Waals surface area contributed by atoms with E-state index in [1.807, 2.05) is 11.6 Å². The molecule has 2 saturated heterocycles. The van der Waals surface area contributed by atoms with Crippen molar-refractivity contribution in [1.29, 1.82) is 0 Å². The topological polar surface area (TPSA) is 78.5 Å². The Morgan fingerprint density at radius 3 is 2.96 bits per heavy atom. The molecule has 1 aliphatic carbocycles. The van der Waals surface area contributed by atoms with E-state index in [-0.39, 0.29) is 17.4 Å². The average molecular weight is 385 g/mol. The van der Waals surface area contributed by atoms with E-state index in [2.05, 4.69) is 18.4 Å². The summed E-state index contributed by atoms with van der Waals surface area (Å²) in [5.41, 5.74) is 4.23. The predicted molar refractivity (Wildman–Crippen MR) is 102 cm³/mol. The van der Waals surface area contributed by atoms with E-state index in [1.54, 1.807) is 0 Å². The Balaban J connectivity index is 1.37. The lowest BCUT2D eigenvalue weighted by Gasteiger charge is -2.37. The molecule has 3 aliphatic rings. The predicted octanol–water partition coefficient (Wildman–Crippen LogP) is 2.50. The summed E-state index contributed by atoms with van der Waals surface area (Å²) in [7, 11) is 0. The molecule has 2 aliphatic heterocycles. The number of aryl methyl sites for hydroxylation is 2. The van der Waals surface area contributed by atoms with Gasteiger partial charge in [0.05, 0.1) is 31.6 Å². The molecular formula is C21H27N3O4. The summed E-state index contributed by atoms with van der Waals surface area (Å²) in [5.74, 6) is 1.11. The summed E-state index contributed by atoms with van der Waals surface area (Å²) in [6.45, 7) is 7.90. The second-order valence-electron chi connectivity index (χ2n) is 8.70. The Hall–Kier alpha value is -2.12. The minimum absolute atomic E-state index is 0.119. The Labute approximate surface area is 164 Å². The van der Waals surface area contributed by atoms with Gasteiger partial charge in [0.25, 0.3) is 5.91 Å². The molecule has 2 fully saturated rings. The number of hydrogen-bond donors (Lipinski definition) is 1. The van der Waals surface area contributed by atoms with Crippen LogP contribution >= 0.6 is 0 Å². The molecular weight excluding hydrogens is 358 g/mol. The smallest absolute Gasteiger partial charge is 0.287 e. The fourth-order valence-electron chi connectivity index (χ4n) is 4.49. The van der Waals surface area contributed by atoms with Gasteiger partial charge in [-0.15, -0.1) is 0 Å². The van der Waals surface area contributed by atoms with Crippen molar-refractivity contribution in [3.05, 3.63) is 28.8 Å². The highest BCUT2D eigenvalue weighted by atomic mass is 16.5. The number of furan rings is 1. The summed E-state index contributed by atoms with van der Waals surface area (Å²) in [6, 6.07) is 0. The van der Waals surface area contributed by atoms with Gasteiger partial charge >= 0.3 is 0 Å². The number of carbonyl (C=O) groups is 1. The second kappa shape index (κ2) is 6.74. The standard InChI is InChI=1S/C21H27N3O4/c1-13-17-16(28-19(13)20(25)22-8-15-4-3-7-27-15)6-5-14-9-24(23-18(14)17)10-21(2)11-26-12-21/h9,15H,3-8,10-12H2,1-2H3,(H,22,25)/t15-/m0/s1. The molecule has 28 heavy (non-hydrogen) atoms. The van der Waals surface area contributed by atoms with Gasteiger partial charge in [0.1, 0.15) is 5.76 Å². The molecule has 7 nitrogen and oxygen atoms in total. The molecule has 0 unspecified atom stereocenters. The Kier molecular flexibility index (Phi) is 4.32. The first-order valence-electron chi connectivity index (χ1n) is 10.2. The highest BCUT2D eigenvalue weighted by molar-refractivity contribution is 5.95. The molecule has 150 valence electrons. The lowest BCUT2D eigenvalue weighted by molar-refractivity contribution is -0.111. The number of fused-ring (bicyclic) bond motifs is 3. The largest absolute Gasteiger partial charge is 0.455 e. The number of amides is 1. The zero-order valence-electron chi connectivity index (χ0n) is 16.5. The minimum Gasteiger partial charge on any atom is -0.455 e. The Bertz CT molecular complexity index is 903. The molecule has 1 N–H and O–H groups in total. The Morgan fingerprint density at radius 2 is 2.25 bits per heavy atom. The van der Waals surface area contributed by atoms with Crippen LogP contribution in [-0.2, 0) is 28.9 Å². The third-order valence-corrected chi connectivity index (χ3v) is 6.08. The van der Waals surface area contributed by atoms with Crippen molar-refractivity contribution in [1.82, 2.24) is 15.1 Å². The van der Waals surface area contributed by atoms with Crippen LogP contribution in [0.1, 0.15) is 47.2 Å². The van der Waals surface area contributed by atoms with Crippen molar-refractivity contribution in [2.45, 2.75) is 52.2 Å². The van der Waals surface area contributed by atoms with Crippen molar-refractivity contribution in [2.75, 3.05) is 26.4 Å². The van der Waals surface area contributed by atoms with Gasteiger partial charge in [-0.05, 0) is 31.7 Å². The van der Waals surface area contributed by atoms with Crippen molar-refractivity contribution in [3.8, 4) is 11.3 Å². The average Bonchev–Trinajstić information content (AvgIpc) is 3.36. The van der Waals surface area contributed by atoms with Crippen LogP contribution in [-0.4, -0.2) is 48.2 Å². The molecule has 0 saturated carbocycles. The number of nitrogens with one attached hydrogen (secondary N) is 1. The lowest BCUT2D eigenvalue weighted by Crippen LogP contribution is -2.43. The number of carbonyl (C=O) groups excluding carboxylic acids is 1. The molecule has 7 heteroatoms. The normalized spacial score (nSPS) is 22.4. The number of nitrogens with zero attached hydrogens (tertiary/aromatic N) is 2. The minimum atomic E-state index is -0.164. The molecule has 0 aromatic carbocycles. The van der Waals surface area contributed by atoms with Crippen LogP contribution in [0.25, 0.3) is 11.3 Å². The van der Waals surface area contributed by atoms with Gasteiger partial charge in [0.2, 0.25) is 0 Å². The summed E-state index contributed by atoms with van der Waals surface area (Å²) >= 11 is 0. The zero-order valence-corrected chi connectivity index (χ0v) is 16.5. The van der Waals surface area contributed by atoms with E-state index in [0.717, 1.165) is 74.6 Å². The molecule has 1 atom stereocenters. The lowest BCUT2D eigenvalue weighted by atomic mass is 9.89. The quantitative estimate of drug-likeness (QED) is 0.856. The molecule has 2 aromatic rings. The van der Waals surface area contributed by atoms with Gasteiger partial charge in [-0.3, -0.25) is 9.48 Å². The van der Waals surface area contributed by atoms with Crippen LogP contribution in [0.2, 0.25) is 0 Å². The van der Waals surface area contributed by atoms with Crippen molar-refractivity contribution < 1.29 is 18.7 Å². The maximum absolute atomic E-state index is 12.7. The Morgan fingerprint density at radius 1 is 1.39 bits per heavy atom. The van der Waals surface area contributed by atoms with E-state index >= 15 is 0 Å². The third-order valence-electron chi connectivity index (χ3n) is 6.08. The molecule has 5 rings (SSSR count). The maximum Gasteiger partial charge on any atom is 0.287 e. The van der Waals surface area contributed by atoms with E-state index in [9.17, 15) is 4.79 Å². The summed E-state index contributed by atoms with van der Waals surface area (Å²) in [4.78, 5) is 12.7.